The molecule has 0 spiro atoms. The standard InChI is InChI=1S/C11H15N3.C2H6/c1-13-11(12)14-7-6-9-4-2-3-5-10(9)8-14;1-2/h2-5H,6-8H2,1H3,(H2,12,13);1-2H3. The second-order valence-corrected chi connectivity index (χ2v) is 3.52. The molecule has 0 bridgehead atoms. The van der Waals surface area contributed by atoms with Crippen molar-refractivity contribution in [3.05, 3.63) is 35.4 Å². The van der Waals surface area contributed by atoms with E-state index < -0.39 is 0 Å². The van der Waals surface area contributed by atoms with Crippen molar-refractivity contribution in [3.8, 4) is 0 Å². The maximum atomic E-state index is 5.78. The second-order valence-electron chi connectivity index (χ2n) is 3.52. The summed E-state index contributed by atoms with van der Waals surface area (Å²) in [5.41, 5.74) is 8.58. The quantitative estimate of drug-likeness (QED) is 0.536. The fourth-order valence-corrected chi connectivity index (χ4v) is 1.83. The average molecular weight is 219 g/mol. The van der Waals surface area contributed by atoms with Crippen molar-refractivity contribution in [2.75, 3.05) is 13.6 Å². The highest BCUT2D eigenvalue weighted by Gasteiger charge is 2.16. The lowest BCUT2D eigenvalue weighted by Crippen LogP contribution is -2.40. The van der Waals surface area contributed by atoms with Gasteiger partial charge in [0.25, 0.3) is 0 Å². The molecule has 1 aliphatic rings. The highest BCUT2D eigenvalue weighted by Crippen LogP contribution is 2.17. The first kappa shape index (κ1) is 12.6. The van der Waals surface area contributed by atoms with Gasteiger partial charge in [0.15, 0.2) is 5.96 Å². The first-order valence-corrected chi connectivity index (χ1v) is 5.85. The van der Waals surface area contributed by atoms with Gasteiger partial charge in [-0.05, 0) is 17.5 Å². The van der Waals surface area contributed by atoms with E-state index in [-0.39, 0.29) is 0 Å². The molecule has 0 unspecified atom stereocenters. The number of benzene rings is 1. The Bertz CT molecular complexity index is 358. The van der Waals surface area contributed by atoms with Gasteiger partial charge >= 0.3 is 0 Å². The number of hydrogen-bond donors (Lipinski definition) is 1. The van der Waals surface area contributed by atoms with Crippen LogP contribution >= 0.6 is 0 Å². The first-order valence-electron chi connectivity index (χ1n) is 5.85. The van der Waals surface area contributed by atoms with Gasteiger partial charge in [-0.3, -0.25) is 4.99 Å². The molecule has 0 aromatic heterocycles. The van der Waals surface area contributed by atoms with Crippen LogP contribution in [0.3, 0.4) is 0 Å². The Hall–Kier alpha value is -1.51. The fraction of sp³-hybridized carbons (Fsp3) is 0.462. The van der Waals surface area contributed by atoms with Crippen LogP contribution in [0, 0.1) is 0 Å². The van der Waals surface area contributed by atoms with Gasteiger partial charge in [-0.15, -0.1) is 0 Å². The summed E-state index contributed by atoms with van der Waals surface area (Å²) in [5, 5.41) is 0. The molecule has 0 radical (unpaired) electrons. The molecule has 1 heterocycles. The van der Waals surface area contributed by atoms with Crippen LogP contribution in [-0.4, -0.2) is 24.5 Å². The molecule has 0 fully saturated rings. The average Bonchev–Trinajstić information content (AvgIpc) is 2.39. The summed E-state index contributed by atoms with van der Waals surface area (Å²) in [7, 11) is 1.73. The number of hydrogen-bond acceptors (Lipinski definition) is 1. The van der Waals surface area contributed by atoms with Gasteiger partial charge in [-0.1, -0.05) is 38.1 Å². The molecule has 0 aliphatic carbocycles. The molecule has 88 valence electrons. The maximum absolute atomic E-state index is 5.78. The third-order valence-electron chi connectivity index (χ3n) is 2.68. The number of nitrogens with two attached hydrogens (primary N) is 1. The lowest BCUT2D eigenvalue weighted by Gasteiger charge is -2.29. The molecule has 16 heavy (non-hydrogen) atoms. The van der Waals surface area contributed by atoms with Crippen LogP contribution in [0.25, 0.3) is 0 Å². The van der Waals surface area contributed by atoms with Crippen LogP contribution < -0.4 is 5.73 Å². The van der Waals surface area contributed by atoms with Crippen LogP contribution in [0.5, 0.6) is 0 Å². The third-order valence-corrected chi connectivity index (χ3v) is 2.68. The van der Waals surface area contributed by atoms with Crippen molar-refractivity contribution in [2.24, 2.45) is 10.7 Å². The normalized spacial score (nSPS) is 14.9. The highest BCUT2D eigenvalue weighted by atomic mass is 15.2. The molecule has 1 aromatic rings. The van der Waals surface area contributed by atoms with E-state index >= 15 is 0 Å². The number of rotatable bonds is 0. The van der Waals surface area contributed by atoms with Crippen molar-refractivity contribution < 1.29 is 0 Å². The Kier molecular flexibility index (Phi) is 4.83. The molecule has 3 heteroatoms. The molecule has 0 amide bonds. The van der Waals surface area contributed by atoms with Gasteiger partial charge in [0.1, 0.15) is 0 Å². The lowest BCUT2D eigenvalue weighted by molar-refractivity contribution is 0.389. The van der Waals surface area contributed by atoms with Crippen LogP contribution in [0.2, 0.25) is 0 Å². The Labute approximate surface area is 98.0 Å². The number of guanidine groups is 1. The lowest BCUT2D eigenvalue weighted by atomic mass is 10.0. The van der Waals surface area contributed by atoms with E-state index in [0.717, 1.165) is 19.5 Å². The van der Waals surface area contributed by atoms with Crippen LogP contribution in [-0.2, 0) is 13.0 Å². The molecule has 1 aliphatic heterocycles. The van der Waals surface area contributed by atoms with E-state index in [1.54, 1.807) is 7.05 Å². The van der Waals surface area contributed by atoms with E-state index in [1.807, 2.05) is 13.8 Å². The Balaban J connectivity index is 0.000000606. The maximum Gasteiger partial charge on any atom is 0.191 e. The van der Waals surface area contributed by atoms with E-state index in [0.29, 0.717) is 5.96 Å². The summed E-state index contributed by atoms with van der Waals surface area (Å²) in [6, 6.07) is 8.50. The van der Waals surface area contributed by atoms with E-state index in [4.69, 9.17) is 5.73 Å². The summed E-state index contributed by atoms with van der Waals surface area (Å²) >= 11 is 0. The molecule has 1 aromatic carbocycles. The predicted octanol–water partition coefficient (Wildman–Crippen LogP) is 2.02. The molecule has 3 nitrogen and oxygen atoms in total. The van der Waals surface area contributed by atoms with Crippen molar-refractivity contribution in [3.63, 3.8) is 0 Å². The smallest absolute Gasteiger partial charge is 0.191 e. The molecular formula is C13H21N3. The summed E-state index contributed by atoms with van der Waals surface area (Å²) in [6.07, 6.45) is 1.06. The second kappa shape index (κ2) is 6.16. The molecule has 0 saturated carbocycles. The predicted molar refractivity (Wildman–Crippen MR) is 69.5 cm³/mol. The van der Waals surface area contributed by atoms with E-state index in [2.05, 4.69) is 34.2 Å². The van der Waals surface area contributed by atoms with Gasteiger partial charge in [-0.25, -0.2) is 0 Å². The molecular weight excluding hydrogens is 198 g/mol. The van der Waals surface area contributed by atoms with Crippen LogP contribution in [0.4, 0.5) is 0 Å². The SMILES string of the molecule is CC.CN=C(N)N1CCc2ccccc2C1. The summed E-state index contributed by atoms with van der Waals surface area (Å²) in [4.78, 5) is 6.12. The molecule has 2 N–H and O–H groups in total. The molecule has 0 saturated heterocycles. The van der Waals surface area contributed by atoms with Crippen molar-refractivity contribution in [2.45, 2.75) is 26.8 Å². The monoisotopic (exact) mass is 219 g/mol. The summed E-state index contributed by atoms with van der Waals surface area (Å²) in [5.74, 6) is 0.638. The van der Waals surface area contributed by atoms with Crippen molar-refractivity contribution in [1.82, 2.24) is 4.90 Å². The van der Waals surface area contributed by atoms with Gasteiger partial charge < -0.3 is 10.6 Å². The summed E-state index contributed by atoms with van der Waals surface area (Å²) < 4.78 is 0. The molecule has 0 atom stereocenters. The van der Waals surface area contributed by atoms with Gasteiger partial charge in [0.2, 0.25) is 0 Å². The molecule has 2 rings (SSSR count). The Morgan fingerprint density at radius 2 is 1.88 bits per heavy atom. The topological polar surface area (TPSA) is 41.6 Å². The minimum atomic E-state index is 0.638. The Morgan fingerprint density at radius 1 is 1.25 bits per heavy atom. The third kappa shape index (κ3) is 2.75. The number of nitrogens with zero attached hydrogens (tertiary/aromatic N) is 2. The van der Waals surface area contributed by atoms with Crippen LogP contribution in [0.1, 0.15) is 25.0 Å². The zero-order valence-electron chi connectivity index (χ0n) is 10.4. The van der Waals surface area contributed by atoms with E-state index in [1.165, 1.54) is 11.1 Å². The van der Waals surface area contributed by atoms with Gasteiger partial charge in [0, 0.05) is 20.1 Å². The zero-order chi connectivity index (χ0) is 12.0. The van der Waals surface area contributed by atoms with Crippen molar-refractivity contribution in [1.29, 1.82) is 0 Å². The van der Waals surface area contributed by atoms with Crippen LogP contribution in [0.15, 0.2) is 29.3 Å². The number of fused-ring (bicyclic) bond motifs is 1. The largest absolute Gasteiger partial charge is 0.370 e. The van der Waals surface area contributed by atoms with Crippen molar-refractivity contribution >= 4 is 5.96 Å². The minimum Gasteiger partial charge on any atom is -0.370 e. The first-order chi connectivity index (χ1) is 7.81. The van der Waals surface area contributed by atoms with Gasteiger partial charge in [0.05, 0.1) is 0 Å². The highest BCUT2D eigenvalue weighted by molar-refractivity contribution is 5.78. The van der Waals surface area contributed by atoms with Gasteiger partial charge in [-0.2, -0.15) is 0 Å². The minimum absolute atomic E-state index is 0.638. The Morgan fingerprint density at radius 3 is 2.50 bits per heavy atom. The zero-order valence-corrected chi connectivity index (χ0v) is 10.4. The number of aliphatic imine (C=N–C) groups is 1. The fourth-order valence-electron chi connectivity index (χ4n) is 1.83. The summed E-state index contributed by atoms with van der Waals surface area (Å²) in [6.45, 7) is 5.86. The van der Waals surface area contributed by atoms with E-state index in [9.17, 15) is 0 Å².